The number of aromatic nitrogens is 2. The topological polar surface area (TPSA) is 76.0 Å². The van der Waals surface area contributed by atoms with Crippen LogP contribution >= 0.6 is 11.3 Å². The molecule has 3 rings (SSSR count). The number of nitrogens with one attached hydrogen (secondary N) is 2. The van der Waals surface area contributed by atoms with Gasteiger partial charge in [-0.25, -0.2) is 0 Å². The summed E-state index contributed by atoms with van der Waals surface area (Å²) in [5.41, 5.74) is -1.04. The molecule has 0 saturated heterocycles. The summed E-state index contributed by atoms with van der Waals surface area (Å²) in [6, 6.07) is 9.00. The number of benzene rings is 1. The lowest BCUT2D eigenvalue weighted by molar-refractivity contribution is -0.145. The van der Waals surface area contributed by atoms with Gasteiger partial charge in [0.15, 0.2) is 5.69 Å². The Morgan fingerprint density at radius 1 is 1.07 bits per heavy atom. The molecule has 6 nitrogen and oxygen atoms in total. The third-order valence-corrected chi connectivity index (χ3v) is 4.79. The van der Waals surface area contributed by atoms with Crippen LogP contribution in [0.4, 0.5) is 24.5 Å². The summed E-state index contributed by atoms with van der Waals surface area (Å²) < 4.78 is 41.1. The molecule has 29 heavy (non-hydrogen) atoms. The molecule has 0 aliphatic rings. The molecule has 0 spiro atoms. The van der Waals surface area contributed by atoms with E-state index in [2.05, 4.69) is 15.7 Å². The van der Waals surface area contributed by atoms with Gasteiger partial charge in [0.2, 0.25) is 0 Å². The molecular formula is C19H17F3N4O2S. The molecular weight excluding hydrogens is 405 g/mol. The van der Waals surface area contributed by atoms with Crippen LogP contribution in [0.25, 0.3) is 0 Å². The van der Waals surface area contributed by atoms with Crippen LogP contribution in [0.3, 0.4) is 0 Å². The first-order valence-corrected chi connectivity index (χ1v) is 9.45. The van der Waals surface area contributed by atoms with Crippen molar-refractivity contribution in [2.75, 3.05) is 10.6 Å². The van der Waals surface area contributed by atoms with Gasteiger partial charge in [0.25, 0.3) is 11.8 Å². The molecule has 0 aliphatic heterocycles. The zero-order chi connectivity index (χ0) is 21.2. The van der Waals surface area contributed by atoms with E-state index >= 15 is 0 Å². The van der Waals surface area contributed by atoms with Gasteiger partial charge in [-0.3, -0.25) is 14.3 Å². The third kappa shape index (κ3) is 4.65. The Kier molecular flexibility index (Phi) is 5.73. The van der Waals surface area contributed by atoms with Crippen LogP contribution in [-0.2, 0) is 6.18 Å². The summed E-state index contributed by atoms with van der Waals surface area (Å²) >= 11 is 1.27. The molecule has 0 bridgehead atoms. The molecule has 152 valence electrons. The smallest absolute Gasteiger partial charge is 0.322 e. The van der Waals surface area contributed by atoms with Gasteiger partial charge in [-0.1, -0.05) is 12.1 Å². The van der Waals surface area contributed by atoms with Crippen LogP contribution in [0, 0.1) is 0 Å². The molecule has 0 saturated carbocycles. The van der Waals surface area contributed by atoms with E-state index < -0.39 is 29.4 Å². The lowest BCUT2D eigenvalue weighted by atomic mass is 10.2. The number of hydrogen-bond donors (Lipinski definition) is 2. The highest BCUT2D eigenvalue weighted by Crippen LogP contribution is 2.34. The van der Waals surface area contributed by atoms with Crippen molar-refractivity contribution in [2.45, 2.75) is 26.1 Å². The maximum atomic E-state index is 13.5. The van der Waals surface area contributed by atoms with Crippen LogP contribution in [0.5, 0.6) is 0 Å². The number of nitrogens with zero attached hydrogens (tertiary/aromatic N) is 2. The molecule has 0 unspecified atom stereocenters. The minimum absolute atomic E-state index is 0.240. The summed E-state index contributed by atoms with van der Waals surface area (Å²) in [4.78, 5) is 25.1. The predicted octanol–water partition coefficient (Wildman–Crippen LogP) is 5.05. The molecule has 0 atom stereocenters. The van der Waals surface area contributed by atoms with Gasteiger partial charge in [0.1, 0.15) is 0 Å². The van der Waals surface area contributed by atoms with Gasteiger partial charge < -0.3 is 10.6 Å². The van der Waals surface area contributed by atoms with Gasteiger partial charge in [-0.05, 0) is 43.5 Å². The SMILES string of the molecule is CC(C)n1ncc(C(=O)Nc2cccc(NC(=O)c3cccs3)c2)c1C(F)(F)F. The maximum absolute atomic E-state index is 13.5. The summed E-state index contributed by atoms with van der Waals surface area (Å²) in [6.07, 6.45) is -3.83. The highest BCUT2D eigenvalue weighted by Gasteiger charge is 2.40. The molecule has 2 heterocycles. The van der Waals surface area contributed by atoms with Crippen molar-refractivity contribution in [3.63, 3.8) is 0 Å². The van der Waals surface area contributed by atoms with Crippen LogP contribution in [0.1, 0.15) is 45.6 Å². The van der Waals surface area contributed by atoms with E-state index in [1.54, 1.807) is 43.5 Å². The Hall–Kier alpha value is -3.14. The first kappa shape index (κ1) is 20.6. The summed E-state index contributed by atoms with van der Waals surface area (Å²) in [7, 11) is 0. The Morgan fingerprint density at radius 2 is 1.72 bits per heavy atom. The normalized spacial score (nSPS) is 11.5. The van der Waals surface area contributed by atoms with Gasteiger partial charge in [-0.2, -0.15) is 18.3 Å². The second kappa shape index (κ2) is 8.08. The second-order valence-corrected chi connectivity index (χ2v) is 7.36. The molecule has 0 radical (unpaired) electrons. The van der Waals surface area contributed by atoms with Crippen LogP contribution in [0.15, 0.2) is 48.0 Å². The first-order valence-electron chi connectivity index (χ1n) is 8.58. The largest absolute Gasteiger partial charge is 0.433 e. The van der Waals surface area contributed by atoms with Crippen LogP contribution in [-0.4, -0.2) is 21.6 Å². The molecule has 10 heteroatoms. The van der Waals surface area contributed by atoms with Crippen molar-refractivity contribution in [1.29, 1.82) is 0 Å². The Bertz CT molecular complexity index is 1030. The summed E-state index contributed by atoms with van der Waals surface area (Å²) in [5, 5.41) is 10.6. The molecule has 2 amide bonds. The van der Waals surface area contributed by atoms with Gasteiger partial charge >= 0.3 is 6.18 Å². The Balaban J connectivity index is 1.81. The van der Waals surface area contributed by atoms with E-state index in [1.807, 2.05) is 0 Å². The number of hydrogen-bond acceptors (Lipinski definition) is 4. The predicted molar refractivity (Wildman–Crippen MR) is 104 cm³/mol. The number of halogens is 3. The highest BCUT2D eigenvalue weighted by molar-refractivity contribution is 7.12. The number of anilines is 2. The third-order valence-electron chi connectivity index (χ3n) is 3.92. The standard InChI is InChI=1S/C19H17F3N4O2S/c1-11(2)26-16(19(20,21)22)14(10-23-26)17(27)24-12-5-3-6-13(9-12)25-18(28)15-7-4-8-29-15/h3-11H,1-2H3,(H,24,27)(H,25,28). The van der Waals surface area contributed by atoms with E-state index in [9.17, 15) is 22.8 Å². The van der Waals surface area contributed by atoms with E-state index in [0.29, 0.717) is 10.6 Å². The van der Waals surface area contributed by atoms with Crippen molar-refractivity contribution < 1.29 is 22.8 Å². The first-order chi connectivity index (χ1) is 13.7. The molecule has 1 aromatic carbocycles. The highest BCUT2D eigenvalue weighted by atomic mass is 32.1. The van der Waals surface area contributed by atoms with Crippen molar-refractivity contribution >= 4 is 34.5 Å². The zero-order valence-corrected chi connectivity index (χ0v) is 16.3. The van der Waals surface area contributed by atoms with Crippen molar-refractivity contribution in [2.24, 2.45) is 0 Å². The van der Waals surface area contributed by atoms with E-state index in [0.717, 1.165) is 10.9 Å². The van der Waals surface area contributed by atoms with Crippen LogP contribution < -0.4 is 10.6 Å². The average Bonchev–Trinajstić information content (AvgIpc) is 3.31. The minimum Gasteiger partial charge on any atom is -0.322 e. The number of alkyl halides is 3. The van der Waals surface area contributed by atoms with E-state index in [4.69, 9.17) is 0 Å². The minimum atomic E-state index is -4.73. The number of thiophene rings is 1. The lowest BCUT2D eigenvalue weighted by Gasteiger charge is -2.15. The van der Waals surface area contributed by atoms with Crippen molar-refractivity contribution in [1.82, 2.24) is 9.78 Å². The van der Waals surface area contributed by atoms with Gasteiger partial charge in [0, 0.05) is 17.4 Å². The molecule has 3 aromatic rings. The van der Waals surface area contributed by atoms with Crippen molar-refractivity contribution in [3.8, 4) is 0 Å². The zero-order valence-electron chi connectivity index (χ0n) is 15.4. The lowest BCUT2D eigenvalue weighted by Crippen LogP contribution is -2.22. The summed E-state index contributed by atoms with van der Waals surface area (Å²) in [5.74, 6) is -1.26. The Labute approximate surface area is 168 Å². The maximum Gasteiger partial charge on any atom is 0.433 e. The molecule has 0 aliphatic carbocycles. The average molecular weight is 422 g/mol. The molecule has 2 aromatic heterocycles. The fraction of sp³-hybridized carbons (Fsp3) is 0.211. The monoisotopic (exact) mass is 422 g/mol. The fourth-order valence-electron chi connectivity index (χ4n) is 2.68. The quantitative estimate of drug-likeness (QED) is 0.604. The summed E-state index contributed by atoms with van der Waals surface area (Å²) in [6.45, 7) is 3.09. The van der Waals surface area contributed by atoms with Crippen LogP contribution in [0.2, 0.25) is 0 Å². The number of carbonyl (C=O) groups excluding carboxylic acids is 2. The Morgan fingerprint density at radius 3 is 2.28 bits per heavy atom. The molecule has 0 fully saturated rings. The number of rotatable bonds is 5. The number of amides is 2. The second-order valence-electron chi connectivity index (χ2n) is 6.41. The van der Waals surface area contributed by atoms with Gasteiger partial charge in [-0.15, -0.1) is 11.3 Å². The van der Waals surface area contributed by atoms with Gasteiger partial charge in [0.05, 0.1) is 16.6 Å². The van der Waals surface area contributed by atoms with E-state index in [1.165, 1.54) is 23.5 Å². The van der Waals surface area contributed by atoms with E-state index in [-0.39, 0.29) is 11.6 Å². The van der Waals surface area contributed by atoms with Crippen molar-refractivity contribution in [3.05, 3.63) is 64.1 Å². The fourth-order valence-corrected chi connectivity index (χ4v) is 3.30. The molecule has 2 N–H and O–H groups in total. The number of carbonyl (C=O) groups is 2.